The minimum absolute atomic E-state index is 0. The molecule has 0 aliphatic carbocycles. The number of hydrogen-bond acceptors (Lipinski definition) is 4. The SMILES string of the molecule is C.C.CCCCCCCCC(=O)[O-].CCCCCCCCC(=O)[O-].[Sn+2]. The summed E-state index contributed by atoms with van der Waals surface area (Å²) < 4.78 is 0. The van der Waals surface area contributed by atoms with Gasteiger partial charge in [-0.05, 0) is 25.7 Å². The summed E-state index contributed by atoms with van der Waals surface area (Å²) in [5.74, 6) is -1.83. The zero-order valence-electron chi connectivity index (χ0n) is 15.0. The maximum Gasteiger partial charge on any atom is 2.00 e. The predicted molar refractivity (Wildman–Crippen MR) is 105 cm³/mol. The molecule has 2 radical (unpaired) electrons. The Kier molecular flexibility index (Phi) is 45.1. The smallest absolute Gasteiger partial charge is 0.550 e. The van der Waals surface area contributed by atoms with Gasteiger partial charge in [-0.2, -0.15) is 0 Å². The van der Waals surface area contributed by atoms with E-state index in [1.165, 1.54) is 51.4 Å². The fourth-order valence-corrected chi connectivity index (χ4v) is 2.10. The zero-order valence-corrected chi connectivity index (χ0v) is 17.9. The second-order valence-corrected chi connectivity index (χ2v) is 5.78. The van der Waals surface area contributed by atoms with Crippen LogP contribution in [0.3, 0.4) is 0 Å². The first-order valence-corrected chi connectivity index (χ1v) is 8.94. The van der Waals surface area contributed by atoms with Crippen molar-refractivity contribution in [2.45, 2.75) is 119 Å². The summed E-state index contributed by atoms with van der Waals surface area (Å²) in [5.41, 5.74) is 0. The fourth-order valence-electron chi connectivity index (χ4n) is 2.10. The van der Waals surface area contributed by atoms with Crippen molar-refractivity contribution in [3.05, 3.63) is 0 Å². The van der Waals surface area contributed by atoms with Gasteiger partial charge in [-0.15, -0.1) is 0 Å². The van der Waals surface area contributed by atoms with E-state index in [2.05, 4.69) is 13.8 Å². The molecule has 0 saturated carbocycles. The van der Waals surface area contributed by atoms with Crippen LogP contribution in [0.1, 0.15) is 119 Å². The number of hydrogen-bond donors (Lipinski definition) is 0. The van der Waals surface area contributed by atoms with Crippen LogP contribution < -0.4 is 10.2 Å². The molecular weight excluding hydrogens is 423 g/mol. The van der Waals surface area contributed by atoms with Gasteiger partial charge in [0.15, 0.2) is 0 Å². The average Bonchev–Trinajstić information content (AvgIpc) is 2.46. The average molecular weight is 465 g/mol. The first-order chi connectivity index (χ1) is 10.5. The van der Waals surface area contributed by atoms with E-state index in [9.17, 15) is 19.8 Å². The van der Waals surface area contributed by atoms with Crippen LogP contribution in [0, 0.1) is 0 Å². The summed E-state index contributed by atoms with van der Waals surface area (Å²) in [4.78, 5) is 20.0. The van der Waals surface area contributed by atoms with E-state index in [1.54, 1.807) is 0 Å². The molecule has 0 rings (SSSR count). The molecule has 5 heteroatoms. The Labute approximate surface area is 174 Å². The number of aliphatic carboxylic acids is 2. The second kappa shape index (κ2) is 31.5. The number of carboxylic acid groups (broad SMARTS) is 2. The summed E-state index contributed by atoms with van der Waals surface area (Å²) in [7, 11) is 0. The van der Waals surface area contributed by atoms with Gasteiger partial charge in [-0.3, -0.25) is 0 Å². The van der Waals surface area contributed by atoms with Crippen LogP contribution in [-0.4, -0.2) is 35.8 Å². The molecule has 4 nitrogen and oxygen atoms in total. The molecule has 0 aromatic rings. The molecule has 25 heavy (non-hydrogen) atoms. The maximum atomic E-state index is 9.98. The Balaban J connectivity index is -0.0000000952. The van der Waals surface area contributed by atoms with Crippen molar-refractivity contribution in [3.8, 4) is 0 Å². The molecule has 0 aromatic heterocycles. The van der Waals surface area contributed by atoms with Crippen LogP contribution in [0.5, 0.6) is 0 Å². The third kappa shape index (κ3) is 45.3. The Morgan fingerprint density at radius 1 is 0.560 bits per heavy atom. The molecule has 0 aliphatic rings. The van der Waals surface area contributed by atoms with E-state index in [1.807, 2.05) is 0 Å². The van der Waals surface area contributed by atoms with Crippen molar-refractivity contribution in [1.82, 2.24) is 0 Å². The van der Waals surface area contributed by atoms with E-state index in [4.69, 9.17) is 0 Å². The number of carboxylic acids is 2. The molecule has 0 atom stereocenters. The molecule has 0 saturated heterocycles. The van der Waals surface area contributed by atoms with Gasteiger partial charge in [0.05, 0.1) is 0 Å². The van der Waals surface area contributed by atoms with Crippen LogP contribution >= 0.6 is 0 Å². The van der Waals surface area contributed by atoms with Gasteiger partial charge in [0.1, 0.15) is 0 Å². The van der Waals surface area contributed by atoms with Gasteiger partial charge in [0, 0.05) is 11.9 Å². The molecule has 0 amide bonds. The Hall–Kier alpha value is -0.261. The Bertz CT molecular complexity index is 232. The van der Waals surface area contributed by atoms with Crippen molar-refractivity contribution in [2.75, 3.05) is 0 Å². The predicted octanol–water partition coefficient (Wildman–Crippen LogP) is 3.87. The summed E-state index contributed by atoms with van der Waals surface area (Å²) >= 11 is 0. The van der Waals surface area contributed by atoms with E-state index in [0.29, 0.717) is 0 Å². The van der Waals surface area contributed by atoms with E-state index in [-0.39, 0.29) is 51.6 Å². The maximum absolute atomic E-state index is 9.98. The van der Waals surface area contributed by atoms with Gasteiger partial charge < -0.3 is 19.8 Å². The van der Waals surface area contributed by atoms with Crippen molar-refractivity contribution < 1.29 is 19.8 Å². The van der Waals surface area contributed by atoms with Crippen molar-refractivity contribution >= 4 is 35.8 Å². The van der Waals surface area contributed by atoms with E-state index in [0.717, 1.165) is 25.7 Å². The zero-order chi connectivity index (χ0) is 17.1. The fraction of sp³-hybridized carbons (Fsp3) is 0.900. The number of unbranched alkanes of at least 4 members (excludes halogenated alkanes) is 10. The van der Waals surface area contributed by atoms with Crippen LogP contribution in [0.4, 0.5) is 0 Å². The van der Waals surface area contributed by atoms with Gasteiger partial charge in [0.25, 0.3) is 0 Å². The molecule has 0 aromatic carbocycles. The van der Waals surface area contributed by atoms with Gasteiger partial charge in [0.2, 0.25) is 0 Å². The second-order valence-electron chi connectivity index (χ2n) is 5.78. The third-order valence-electron chi connectivity index (χ3n) is 3.47. The molecule has 0 N–H and O–H groups in total. The van der Waals surface area contributed by atoms with E-state index >= 15 is 0 Å². The van der Waals surface area contributed by atoms with Crippen LogP contribution in [0.15, 0.2) is 0 Å². The van der Waals surface area contributed by atoms with Crippen LogP contribution in [0.2, 0.25) is 0 Å². The molecular formula is C20H42O4Sn. The largest absolute Gasteiger partial charge is 2.00 e. The number of carbonyl (C=O) groups excluding carboxylic acids is 2. The summed E-state index contributed by atoms with van der Waals surface area (Å²) in [6.07, 6.45) is 13.9. The minimum atomic E-state index is -0.916. The first kappa shape index (κ1) is 35.8. The monoisotopic (exact) mass is 466 g/mol. The minimum Gasteiger partial charge on any atom is -0.550 e. The van der Waals surface area contributed by atoms with Crippen LogP contribution in [-0.2, 0) is 9.59 Å². The molecule has 0 unspecified atom stereocenters. The molecule has 0 bridgehead atoms. The van der Waals surface area contributed by atoms with Gasteiger partial charge in [-0.25, -0.2) is 0 Å². The van der Waals surface area contributed by atoms with E-state index < -0.39 is 11.9 Å². The summed E-state index contributed by atoms with van der Waals surface area (Å²) in [6, 6.07) is 0. The molecule has 0 heterocycles. The van der Waals surface area contributed by atoms with Crippen molar-refractivity contribution in [1.29, 1.82) is 0 Å². The van der Waals surface area contributed by atoms with Gasteiger partial charge >= 0.3 is 23.9 Å². The van der Waals surface area contributed by atoms with Crippen molar-refractivity contribution in [3.63, 3.8) is 0 Å². The topological polar surface area (TPSA) is 80.3 Å². The first-order valence-electron chi connectivity index (χ1n) is 8.94. The number of carbonyl (C=O) groups is 2. The third-order valence-corrected chi connectivity index (χ3v) is 3.47. The summed E-state index contributed by atoms with van der Waals surface area (Å²) in [6.45, 7) is 4.34. The number of rotatable bonds is 14. The quantitative estimate of drug-likeness (QED) is 0.288. The molecule has 0 fully saturated rings. The van der Waals surface area contributed by atoms with Crippen LogP contribution in [0.25, 0.3) is 0 Å². The normalized spacial score (nSPS) is 8.72. The van der Waals surface area contributed by atoms with Crippen molar-refractivity contribution in [2.24, 2.45) is 0 Å². The molecule has 150 valence electrons. The standard InChI is InChI=1S/2C9H18O2.2CH4.Sn/c2*1-2-3-4-5-6-7-8-9(10)11;;;/h2*2-8H2,1H3,(H,10,11);2*1H4;/q;;;;+2/p-2. The van der Waals surface area contributed by atoms with Gasteiger partial charge in [-0.1, -0.05) is 92.9 Å². The summed E-state index contributed by atoms with van der Waals surface area (Å²) in [5, 5.41) is 20.0. The molecule has 0 spiro atoms. The Morgan fingerprint density at radius 3 is 1.04 bits per heavy atom. The Morgan fingerprint density at radius 2 is 0.800 bits per heavy atom. The molecule has 0 aliphatic heterocycles.